The minimum absolute atomic E-state index is 0.271. The van der Waals surface area contributed by atoms with Crippen molar-refractivity contribution in [2.24, 2.45) is 5.73 Å². The minimum Gasteiger partial charge on any atom is -0.389 e. The second kappa shape index (κ2) is 6.33. The van der Waals surface area contributed by atoms with Crippen LogP contribution in [0.4, 0.5) is 15.8 Å². The lowest BCUT2D eigenvalue weighted by atomic mass is 10.1. The molecule has 0 fully saturated rings. The first-order chi connectivity index (χ1) is 9.54. The Kier molecular flexibility index (Phi) is 4.73. The molecule has 2 rings (SSSR count). The Morgan fingerprint density at radius 1 is 1.30 bits per heavy atom. The second-order valence-electron chi connectivity index (χ2n) is 4.22. The highest BCUT2D eigenvalue weighted by Crippen LogP contribution is 2.32. The van der Waals surface area contributed by atoms with E-state index in [-0.39, 0.29) is 5.82 Å². The minimum atomic E-state index is -0.271. The molecule has 0 amide bonds. The van der Waals surface area contributed by atoms with Gasteiger partial charge in [0.2, 0.25) is 0 Å². The maximum Gasteiger partial charge on any atom is 0.125 e. The molecule has 2 N–H and O–H groups in total. The van der Waals surface area contributed by atoms with Crippen molar-refractivity contribution >= 4 is 44.5 Å². The predicted molar refractivity (Wildman–Crippen MR) is 89.1 cm³/mol. The first-order valence-corrected chi connectivity index (χ1v) is 7.36. The SMILES string of the molecule is CCN(c1cccc(F)c1)c1cccc(Br)c1C(N)=S. The van der Waals surface area contributed by atoms with Gasteiger partial charge in [-0.2, -0.15) is 0 Å². The summed E-state index contributed by atoms with van der Waals surface area (Å²) in [5.74, 6) is -0.271. The van der Waals surface area contributed by atoms with E-state index in [0.29, 0.717) is 11.5 Å². The third-order valence-electron chi connectivity index (χ3n) is 2.96. The van der Waals surface area contributed by atoms with Gasteiger partial charge in [-0.05, 0) is 53.2 Å². The molecule has 5 heteroatoms. The number of thiocarbonyl (C=S) groups is 1. The van der Waals surface area contributed by atoms with Gasteiger partial charge in [-0.15, -0.1) is 0 Å². The number of rotatable bonds is 4. The highest BCUT2D eigenvalue weighted by molar-refractivity contribution is 9.10. The monoisotopic (exact) mass is 352 g/mol. The molecule has 0 atom stereocenters. The molecule has 0 radical (unpaired) electrons. The van der Waals surface area contributed by atoms with E-state index < -0.39 is 0 Å². The third kappa shape index (κ3) is 2.99. The first kappa shape index (κ1) is 14.9. The highest BCUT2D eigenvalue weighted by Gasteiger charge is 2.16. The molecule has 0 heterocycles. The summed E-state index contributed by atoms with van der Waals surface area (Å²) >= 11 is 8.59. The summed E-state index contributed by atoms with van der Waals surface area (Å²) < 4.78 is 14.3. The van der Waals surface area contributed by atoms with Crippen LogP contribution in [0.25, 0.3) is 0 Å². The molecule has 104 valence electrons. The number of hydrogen-bond acceptors (Lipinski definition) is 2. The van der Waals surface area contributed by atoms with Crippen LogP contribution in [-0.4, -0.2) is 11.5 Å². The van der Waals surface area contributed by atoms with Gasteiger partial charge in [0.1, 0.15) is 10.8 Å². The van der Waals surface area contributed by atoms with Gasteiger partial charge in [0, 0.05) is 22.3 Å². The number of benzene rings is 2. The Morgan fingerprint density at radius 3 is 2.60 bits per heavy atom. The Bertz CT molecular complexity index is 646. The maximum absolute atomic E-state index is 13.4. The van der Waals surface area contributed by atoms with E-state index in [1.165, 1.54) is 12.1 Å². The van der Waals surface area contributed by atoms with Gasteiger partial charge in [0.25, 0.3) is 0 Å². The van der Waals surface area contributed by atoms with Crippen molar-refractivity contribution in [3.63, 3.8) is 0 Å². The van der Waals surface area contributed by atoms with Crippen LogP contribution >= 0.6 is 28.1 Å². The molecule has 2 aromatic rings. The van der Waals surface area contributed by atoms with Gasteiger partial charge in [-0.3, -0.25) is 0 Å². The molecule has 0 saturated carbocycles. The summed E-state index contributed by atoms with van der Waals surface area (Å²) in [6.07, 6.45) is 0. The molecule has 0 bridgehead atoms. The lowest BCUT2D eigenvalue weighted by Gasteiger charge is -2.26. The highest BCUT2D eigenvalue weighted by atomic mass is 79.9. The van der Waals surface area contributed by atoms with Crippen molar-refractivity contribution in [2.45, 2.75) is 6.92 Å². The van der Waals surface area contributed by atoms with Gasteiger partial charge in [-0.25, -0.2) is 4.39 Å². The topological polar surface area (TPSA) is 29.3 Å². The lowest BCUT2D eigenvalue weighted by Crippen LogP contribution is -2.21. The van der Waals surface area contributed by atoms with E-state index >= 15 is 0 Å². The van der Waals surface area contributed by atoms with Crippen LogP contribution in [0, 0.1) is 5.82 Å². The Hall–Kier alpha value is -1.46. The average molecular weight is 353 g/mol. The number of nitrogens with two attached hydrogens (primary N) is 1. The summed E-state index contributed by atoms with van der Waals surface area (Å²) in [5, 5.41) is 0. The van der Waals surface area contributed by atoms with Gasteiger partial charge in [0.05, 0.1) is 5.69 Å². The van der Waals surface area contributed by atoms with Crippen LogP contribution in [0.2, 0.25) is 0 Å². The average Bonchev–Trinajstić information content (AvgIpc) is 2.39. The molecule has 0 aliphatic carbocycles. The smallest absolute Gasteiger partial charge is 0.125 e. The van der Waals surface area contributed by atoms with E-state index in [2.05, 4.69) is 15.9 Å². The maximum atomic E-state index is 13.4. The van der Waals surface area contributed by atoms with Crippen molar-refractivity contribution in [2.75, 3.05) is 11.4 Å². The molecular weight excluding hydrogens is 339 g/mol. The Labute approximate surface area is 131 Å². The summed E-state index contributed by atoms with van der Waals surface area (Å²) in [5.41, 5.74) is 8.20. The summed E-state index contributed by atoms with van der Waals surface area (Å²) in [6.45, 7) is 2.67. The predicted octanol–water partition coefficient (Wildman–Crippen LogP) is 4.38. The van der Waals surface area contributed by atoms with E-state index in [1.54, 1.807) is 6.07 Å². The van der Waals surface area contributed by atoms with Crippen LogP contribution in [0.5, 0.6) is 0 Å². The lowest BCUT2D eigenvalue weighted by molar-refractivity contribution is 0.627. The van der Waals surface area contributed by atoms with E-state index in [4.69, 9.17) is 18.0 Å². The van der Waals surface area contributed by atoms with E-state index in [9.17, 15) is 4.39 Å². The second-order valence-corrected chi connectivity index (χ2v) is 5.52. The molecule has 0 spiro atoms. The van der Waals surface area contributed by atoms with Crippen LogP contribution < -0.4 is 10.6 Å². The van der Waals surface area contributed by atoms with Crippen molar-refractivity contribution in [3.05, 3.63) is 58.3 Å². The molecule has 0 aliphatic heterocycles. The molecule has 2 nitrogen and oxygen atoms in total. The van der Waals surface area contributed by atoms with Gasteiger partial charge < -0.3 is 10.6 Å². The normalized spacial score (nSPS) is 10.3. The molecule has 0 saturated heterocycles. The number of halogens is 2. The molecule has 0 aromatic heterocycles. The van der Waals surface area contributed by atoms with E-state index in [1.807, 2.05) is 36.1 Å². The molecule has 0 aliphatic rings. The zero-order valence-electron chi connectivity index (χ0n) is 10.9. The fourth-order valence-corrected chi connectivity index (χ4v) is 3.03. The van der Waals surface area contributed by atoms with Crippen LogP contribution in [0.3, 0.4) is 0 Å². The molecule has 20 heavy (non-hydrogen) atoms. The fraction of sp³-hybridized carbons (Fsp3) is 0.133. The largest absolute Gasteiger partial charge is 0.389 e. The van der Waals surface area contributed by atoms with Crippen molar-refractivity contribution in [3.8, 4) is 0 Å². The van der Waals surface area contributed by atoms with Gasteiger partial charge >= 0.3 is 0 Å². The fourth-order valence-electron chi connectivity index (χ4n) is 2.12. The molecule has 2 aromatic carbocycles. The number of hydrogen-bond donors (Lipinski definition) is 1. The Balaban J connectivity index is 2.58. The van der Waals surface area contributed by atoms with Crippen molar-refractivity contribution in [1.82, 2.24) is 0 Å². The van der Waals surface area contributed by atoms with Crippen molar-refractivity contribution in [1.29, 1.82) is 0 Å². The van der Waals surface area contributed by atoms with Crippen LogP contribution in [-0.2, 0) is 0 Å². The van der Waals surface area contributed by atoms with Crippen LogP contribution in [0.15, 0.2) is 46.9 Å². The van der Waals surface area contributed by atoms with E-state index in [0.717, 1.165) is 21.4 Å². The third-order valence-corrected chi connectivity index (χ3v) is 3.83. The summed E-state index contributed by atoms with van der Waals surface area (Å²) in [4.78, 5) is 2.28. The van der Waals surface area contributed by atoms with Gasteiger partial charge in [-0.1, -0.05) is 24.4 Å². The zero-order valence-corrected chi connectivity index (χ0v) is 13.3. The number of anilines is 2. The Morgan fingerprint density at radius 2 is 2.00 bits per heavy atom. The van der Waals surface area contributed by atoms with Crippen molar-refractivity contribution < 1.29 is 4.39 Å². The summed E-state index contributed by atoms with van der Waals surface area (Å²) in [6, 6.07) is 12.2. The zero-order chi connectivity index (χ0) is 14.7. The van der Waals surface area contributed by atoms with Crippen LogP contribution in [0.1, 0.15) is 12.5 Å². The first-order valence-electron chi connectivity index (χ1n) is 6.16. The standard InChI is InChI=1S/C15H14BrFN2S/c1-2-19(11-6-3-5-10(17)9-11)13-8-4-7-12(16)14(13)15(18)20/h3-9H,2H2,1H3,(H2,18,20). The quantitative estimate of drug-likeness (QED) is 0.827. The summed E-state index contributed by atoms with van der Waals surface area (Å²) in [7, 11) is 0. The molecule has 0 unspecified atom stereocenters. The number of nitrogens with zero attached hydrogens (tertiary/aromatic N) is 1. The van der Waals surface area contributed by atoms with Gasteiger partial charge in [0.15, 0.2) is 0 Å². The molecular formula is C15H14BrFN2S.